The van der Waals surface area contributed by atoms with Crippen LogP contribution in [-0.2, 0) is 14.3 Å². The molecule has 0 aromatic rings. The van der Waals surface area contributed by atoms with Gasteiger partial charge in [-0.25, -0.2) is 0 Å². The standard InChI is InChI=1S/C11H20N2O3/c1-13(7-9-3-2-5-16-9)10(14)11(12)4-6-15-8-11/h9H,2-8,12H2,1H3. The topological polar surface area (TPSA) is 64.8 Å². The quantitative estimate of drug-likeness (QED) is 0.723. The molecule has 0 saturated carbocycles. The fraction of sp³-hybridized carbons (Fsp3) is 0.909. The Morgan fingerprint density at radius 3 is 2.94 bits per heavy atom. The maximum atomic E-state index is 12.1. The Labute approximate surface area is 95.9 Å². The lowest BCUT2D eigenvalue weighted by Gasteiger charge is -2.29. The Balaban J connectivity index is 1.88. The molecule has 0 aromatic heterocycles. The third-order valence-corrected chi connectivity index (χ3v) is 3.33. The first-order chi connectivity index (χ1) is 7.62. The van der Waals surface area contributed by atoms with Crippen LogP contribution in [0.2, 0.25) is 0 Å². The Bertz CT molecular complexity index is 258. The molecule has 92 valence electrons. The molecule has 0 aliphatic carbocycles. The summed E-state index contributed by atoms with van der Waals surface area (Å²) in [6, 6.07) is 0. The summed E-state index contributed by atoms with van der Waals surface area (Å²) in [6.45, 7) is 2.36. The Kier molecular flexibility index (Phi) is 3.47. The summed E-state index contributed by atoms with van der Waals surface area (Å²) in [4.78, 5) is 13.8. The molecule has 2 rings (SSSR count). The number of hydrogen-bond acceptors (Lipinski definition) is 4. The summed E-state index contributed by atoms with van der Waals surface area (Å²) in [5, 5.41) is 0. The van der Waals surface area contributed by atoms with Crippen molar-refractivity contribution in [2.45, 2.75) is 30.9 Å². The van der Waals surface area contributed by atoms with Crippen molar-refractivity contribution >= 4 is 5.91 Å². The van der Waals surface area contributed by atoms with Crippen molar-refractivity contribution in [1.82, 2.24) is 4.90 Å². The van der Waals surface area contributed by atoms with Gasteiger partial charge in [0.15, 0.2) is 0 Å². The highest BCUT2D eigenvalue weighted by molar-refractivity contribution is 5.86. The number of likely N-dealkylation sites (N-methyl/N-ethyl adjacent to an activating group) is 1. The minimum Gasteiger partial charge on any atom is -0.379 e. The second-order valence-corrected chi connectivity index (χ2v) is 4.78. The molecule has 2 saturated heterocycles. The molecule has 0 spiro atoms. The van der Waals surface area contributed by atoms with Crippen LogP contribution in [0.3, 0.4) is 0 Å². The number of nitrogens with two attached hydrogens (primary N) is 1. The van der Waals surface area contributed by atoms with Gasteiger partial charge in [-0.3, -0.25) is 4.79 Å². The van der Waals surface area contributed by atoms with Crippen LogP contribution in [0.5, 0.6) is 0 Å². The average molecular weight is 228 g/mol. The van der Waals surface area contributed by atoms with Gasteiger partial charge in [0, 0.05) is 26.8 Å². The highest BCUT2D eigenvalue weighted by atomic mass is 16.5. The van der Waals surface area contributed by atoms with Gasteiger partial charge in [0.2, 0.25) is 5.91 Å². The van der Waals surface area contributed by atoms with Gasteiger partial charge >= 0.3 is 0 Å². The molecule has 5 nitrogen and oxygen atoms in total. The van der Waals surface area contributed by atoms with Crippen LogP contribution in [0.25, 0.3) is 0 Å². The first-order valence-electron chi connectivity index (χ1n) is 5.86. The van der Waals surface area contributed by atoms with E-state index in [4.69, 9.17) is 15.2 Å². The Morgan fingerprint density at radius 2 is 2.38 bits per heavy atom. The second-order valence-electron chi connectivity index (χ2n) is 4.78. The molecule has 1 amide bonds. The third-order valence-electron chi connectivity index (χ3n) is 3.33. The lowest BCUT2D eigenvalue weighted by molar-refractivity contribution is -0.137. The molecule has 0 aromatic carbocycles. The van der Waals surface area contributed by atoms with E-state index in [0.29, 0.717) is 26.2 Å². The van der Waals surface area contributed by atoms with Crippen molar-refractivity contribution in [3.05, 3.63) is 0 Å². The molecule has 2 N–H and O–H groups in total. The minimum absolute atomic E-state index is 0.0273. The zero-order chi connectivity index (χ0) is 11.6. The maximum Gasteiger partial charge on any atom is 0.244 e. The molecular formula is C11H20N2O3. The monoisotopic (exact) mass is 228 g/mol. The lowest BCUT2D eigenvalue weighted by atomic mass is 9.98. The largest absolute Gasteiger partial charge is 0.379 e. The maximum absolute atomic E-state index is 12.1. The van der Waals surface area contributed by atoms with Crippen LogP contribution < -0.4 is 5.73 Å². The van der Waals surface area contributed by atoms with Crippen molar-refractivity contribution in [3.8, 4) is 0 Å². The van der Waals surface area contributed by atoms with Gasteiger partial charge < -0.3 is 20.1 Å². The van der Waals surface area contributed by atoms with Crippen molar-refractivity contribution in [2.24, 2.45) is 5.73 Å². The van der Waals surface area contributed by atoms with Gasteiger partial charge in [0.1, 0.15) is 5.54 Å². The van der Waals surface area contributed by atoms with Gasteiger partial charge in [-0.15, -0.1) is 0 Å². The first-order valence-corrected chi connectivity index (χ1v) is 5.86. The van der Waals surface area contributed by atoms with E-state index < -0.39 is 5.54 Å². The van der Waals surface area contributed by atoms with Crippen LogP contribution >= 0.6 is 0 Å². The van der Waals surface area contributed by atoms with Crippen molar-refractivity contribution in [2.75, 3.05) is 33.4 Å². The summed E-state index contributed by atoms with van der Waals surface area (Å²) in [6.07, 6.45) is 2.91. The number of amides is 1. The molecule has 2 unspecified atom stereocenters. The van der Waals surface area contributed by atoms with E-state index in [2.05, 4.69) is 0 Å². The molecule has 0 radical (unpaired) electrons. The van der Waals surface area contributed by atoms with Crippen LogP contribution in [0.1, 0.15) is 19.3 Å². The lowest BCUT2D eigenvalue weighted by Crippen LogP contribution is -2.56. The summed E-state index contributed by atoms with van der Waals surface area (Å²) in [5.41, 5.74) is 5.21. The number of nitrogens with zero attached hydrogens (tertiary/aromatic N) is 1. The first kappa shape index (κ1) is 11.8. The number of rotatable bonds is 3. The van der Waals surface area contributed by atoms with Crippen molar-refractivity contribution in [1.29, 1.82) is 0 Å². The number of ether oxygens (including phenoxy) is 2. The molecule has 5 heteroatoms. The average Bonchev–Trinajstić information content (AvgIpc) is 2.89. The number of hydrogen-bond donors (Lipinski definition) is 1. The summed E-state index contributed by atoms with van der Waals surface area (Å²) in [7, 11) is 1.79. The molecule has 2 heterocycles. The highest BCUT2D eigenvalue weighted by Gasteiger charge is 2.40. The molecule has 16 heavy (non-hydrogen) atoms. The summed E-state index contributed by atoms with van der Waals surface area (Å²) in [5.74, 6) is -0.0273. The third kappa shape index (κ3) is 2.36. The zero-order valence-corrected chi connectivity index (χ0v) is 9.78. The van der Waals surface area contributed by atoms with Crippen molar-refractivity contribution < 1.29 is 14.3 Å². The van der Waals surface area contributed by atoms with E-state index in [1.54, 1.807) is 11.9 Å². The molecule has 2 atom stereocenters. The Morgan fingerprint density at radius 1 is 1.56 bits per heavy atom. The van der Waals surface area contributed by atoms with Gasteiger partial charge in [-0.2, -0.15) is 0 Å². The normalized spacial score (nSPS) is 34.2. The van der Waals surface area contributed by atoms with Crippen LogP contribution in [0.15, 0.2) is 0 Å². The van der Waals surface area contributed by atoms with Gasteiger partial charge in [-0.05, 0) is 19.3 Å². The van der Waals surface area contributed by atoms with E-state index in [1.807, 2.05) is 0 Å². The predicted octanol–water partition coefficient (Wildman–Crippen LogP) is -0.258. The summed E-state index contributed by atoms with van der Waals surface area (Å²) < 4.78 is 10.7. The molecule has 2 aliphatic heterocycles. The second kappa shape index (κ2) is 4.69. The predicted molar refractivity (Wildman–Crippen MR) is 59.0 cm³/mol. The SMILES string of the molecule is CN(CC1CCCO1)C(=O)C1(N)CCOC1. The van der Waals surface area contributed by atoms with Crippen molar-refractivity contribution in [3.63, 3.8) is 0 Å². The number of carbonyl (C=O) groups excluding carboxylic acids is 1. The number of carbonyl (C=O) groups is 1. The fourth-order valence-corrected chi connectivity index (χ4v) is 2.31. The van der Waals surface area contributed by atoms with Crippen LogP contribution in [-0.4, -0.2) is 55.9 Å². The zero-order valence-electron chi connectivity index (χ0n) is 9.78. The van der Waals surface area contributed by atoms with E-state index in [9.17, 15) is 4.79 Å². The molecule has 0 bridgehead atoms. The van der Waals surface area contributed by atoms with Gasteiger partial charge in [0.25, 0.3) is 0 Å². The fourth-order valence-electron chi connectivity index (χ4n) is 2.31. The van der Waals surface area contributed by atoms with E-state index in [1.165, 1.54) is 0 Å². The van der Waals surface area contributed by atoms with Crippen LogP contribution in [0, 0.1) is 0 Å². The highest BCUT2D eigenvalue weighted by Crippen LogP contribution is 2.19. The van der Waals surface area contributed by atoms with Gasteiger partial charge in [-0.1, -0.05) is 0 Å². The molecule has 2 fully saturated rings. The minimum atomic E-state index is -0.812. The van der Waals surface area contributed by atoms with E-state index in [0.717, 1.165) is 19.4 Å². The van der Waals surface area contributed by atoms with Gasteiger partial charge in [0.05, 0.1) is 12.7 Å². The Hall–Kier alpha value is -0.650. The van der Waals surface area contributed by atoms with Crippen LogP contribution in [0.4, 0.5) is 0 Å². The van der Waals surface area contributed by atoms with E-state index in [-0.39, 0.29) is 12.0 Å². The summed E-state index contributed by atoms with van der Waals surface area (Å²) >= 11 is 0. The molecular weight excluding hydrogens is 208 g/mol. The van der Waals surface area contributed by atoms with E-state index >= 15 is 0 Å². The molecule has 2 aliphatic rings. The smallest absolute Gasteiger partial charge is 0.244 e.